The van der Waals surface area contributed by atoms with Crippen LogP contribution in [0, 0.1) is 5.82 Å². The van der Waals surface area contributed by atoms with E-state index in [1.54, 1.807) is 13.4 Å². The molecule has 2 N–H and O–H groups in total. The molecule has 0 saturated carbocycles. The van der Waals surface area contributed by atoms with Crippen LogP contribution < -0.4 is 10.1 Å². The van der Waals surface area contributed by atoms with E-state index in [0.717, 1.165) is 42.1 Å². The minimum Gasteiger partial charge on any atom is -0.496 e. The van der Waals surface area contributed by atoms with Gasteiger partial charge in [-0.05, 0) is 30.3 Å². The molecule has 0 aliphatic heterocycles. The van der Waals surface area contributed by atoms with Crippen LogP contribution in [0.3, 0.4) is 0 Å². The third-order valence-corrected chi connectivity index (χ3v) is 4.35. The lowest BCUT2D eigenvalue weighted by atomic mass is 9.92. The highest BCUT2D eigenvalue weighted by Crippen LogP contribution is 2.33. The summed E-state index contributed by atoms with van der Waals surface area (Å²) in [5, 5.41) is 2.23. The van der Waals surface area contributed by atoms with Crippen LogP contribution in [-0.2, 0) is 6.54 Å². The smallest absolute Gasteiger partial charge is 0.123 e. The van der Waals surface area contributed by atoms with Crippen molar-refractivity contribution in [2.45, 2.75) is 18.9 Å². The third-order valence-electron chi connectivity index (χ3n) is 4.35. The van der Waals surface area contributed by atoms with Crippen LogP contribution in [0.15, 0.2) is 71.3 Å². The van der Waals surface area contributed by atoms with Crippen molar-refractivity contribution >= 4 is 0 Å². The maximum Gasteiger partial charge on any atom is 0.123 e. The van der Waals surface area contributed by atoms with Gasteiger partial charge in [0.25, 0.3) is 0 Å². The van der Waals surface area contributed by atoms with Gasteiger partial charge in [0.2, 0.25) is 0 Å². The van der Waals surface area contributed by atoms with E-state index in [4.69, 9.17) is 9.15 Å². The van der Waals surface area contributed by atoms with Crippen LogP contribution in [0.2, 0.25) is 0 Å². The van der Waals surface area contributed by atoms with E-state index in [9.17, 15) is 4.39 Å². The van der Waals surface area contributed by atoms with Gasteiger partial charge in [-0.2, -0.15) is 0 Å². The number of para-hydroxylation sites is 1. The molecular formula is C21H23FNO2+. The van der Waals surface area contributed by atoms with Gasteiger partial charge >= 0.3 is 0 Å². The van der Waals surface area contributed by atoms with Crippen molar-refractivity contribution in [3.63, 3.8) is 0 Å². The Morgan fingerprint density at radius 2 is 1.84 bits per heavy atom. The van der Waals surface area contributed by atoms with Gasteiger partial charge in [-0.15, -0.1) is 0 Å². The minimum atomic E-state index is -0.196. The number of halogens is 1. The molecule has 4 heteroatoms. The molecule has 0 aliphatic carbocycles. The number of benzene rings is 2. The van der Waals surface area contributed by atoms with Crippen LogP contribution in [0.1, 0.15) is 29.2 Å². The predicted molar refractivity (Wildman–Crippen MR) is 95.1 cm³/mol. The van der Waals surface area contributed by atoms with Crippen molar-refractivity contribution in [1.29, 1.82) is 0 Å². The molecule has 3 nitrogen and oxygen atoms in total. The Hall–Kier alpha value is -2.59. The van der Waals surface area contributed by atoms with E-state index in [2.05, 4.69) is 11.4 Å². The summed E-state index contributed by atoms with van der Waals surface area (Å²) in [6, 6.07) is 18.7. The summed E-state index contributed by atoms with van der Waals surface area (Å²) in [4.78, 5) is 0. The second-order valence-electron chi connectivity index (χ2n) is 6.01. The number of quaternary nitrogens is 1. The Balaban J connectivity index is 1.66. The van der Waals surface area contributed by atoms with Crippen molar-refractivity contribution in [1.82, 2.24) is 0 Å². The zero-order valence-electron chi connectivity index (χ0n) is 14.3. The topological polar surface area (TPSA) is 39.0 Å². The molecule has 3 aromatic rings. The largest absolute Gasteiger partial charge is 0.496 e. The van der Waals surface area contributed by atoms with Gasteiger partial charge in [0.15, 0.2) is 0 Å². The fraction of sp³-hybridized carbons (Fsp3) is 0.238. The fourth-order valence-corrected chi connectivity index (χ4v) is 3.07. The summed E-state index contributed by atoms with van der Waals surface area (Å²) in [6.45, 7) is 1.76. The van der Waals surface area contributed by atoms with Gasteiger partial charge in [-0.1, -0.05) is 30.3 Å². The molecule has 3 rings (SSSR count). The molecule has 0 radical (unpaired) electrons. The molecule has 0 fully saturated rings. The molecule has 25 heavy (non-hydrogen) atoms. The maximum absolute atomic E-state index is 13.0. The quantitative estimate of drug-likeness (QED) is 0.635. The number of nitrogens with two attached hydrogens (primary N) is 1. The molecule has 1 aromatic heterocycles. The number of hydrogen-bond donors (Lipinski definition) is 1. The molecular weight excluding hydrogens is 317 g/mol. The second-order valence-corrected chi connectivity index (χ2v) is 6.01. The summed E-state index contributed by atoms with van der Waals surface area (Å²) in [5.41, 5.74) is 2.25. The molecule has 0 amide bonds. The lowest BCUT2D eigenvalue weighted by Gasteiger charge is -2.17. The van der Waals surface area contributed by atoms with Crippen molar-refractivity contribution in [3.8, 4) is 5.75 Å². The summed E-state index contributed by atoms with van der Waals surface area (Å²) < 4.78 is 24.2. The first kappa shape index (κ1) is 17.2. The van der Waals surface area contributed by atoms with Crippen LogP contribution in [-0.4, -0.2) is 13.7 Å². The molecule has 0 saturated heterocycles. The molecule has 2 aromatic carbocycles. The van der Waals surface area contributed by atoms with Crippen molar-refractivity contribution in [2.24, 2.45) is 0 Å². The van der Waals surface area contributed by atoms with Crippen LogP contribution in [0.25, 0.3) is 0 Å². The van der Waals surface area contributed by atoms with Crippen LogP contribution in [0.4, 0.5) is 4.39 Å². The highest BCUT2D eigenvalue weighted by molar-refractivity contribution is 5.39. The molecule has 0 bridgehead atoms. The van der Waals surface area contributed by atoms with Crippen LogP contribution in [0.5, 0.6) is 5.75 Å². The lowest BCUT2D eigenvalue weighted by molar-refractivity contribution is -0.671. The molecule has 1 heterocycles. The van der Waals surface area contributed by atoms with E-state index in [1.165, 1.54) is 12.1 Å². The number of methoxy groups -OCH3 is 1. The molecule has 0 unspecified atom stereocenters. The second kappa shape index (κ2) is 8.49. The van der Waals surface area contributed by atoms with Gasteiger partial charge in [0.1, 0.15) is 23.9 Å². The van der Waals surface area contributed by atoms with E-state index >= 15 is 0 Å². The molecule has 0 spiro atoms. The number of ether oxygens (including phenoxy) is 1. The third kappa shape index (κ3) is 4.48. The van der Waals surface area contributed by atoms with Gasteiger partial charge in [-0.3, -0.25) is 0 Å². The highest BCUT2D eigenvalue weighted by atomic mass is 19.1. The van der Waals surface area contributed by atoms with Gasteiger partial charge < -0.3 is 14.5 Å². The standard InChI is InChI=1S/C21H22FNO2/c1-24-20-6-3-2-5-18(20)19(21-7-4-14-25-21)12-13-23-15-16-8-10-17(22)11-9-16/h2-11,14,19,23H,12-13,15H2,1H3/p+1/t19-/m1/s1. The average molecular weight is 340 g/mol. The average Bonchev–Trinajstić information content (AvgIpc) is 3.18. The molecule has 0 aliphatic rings. The summed E-state index contributed by atoms with van der Waals surface area (Å²) >= 11 is 0. The van der Waals surface area contributed by atoms with E-state index in [-0.39, 0.29) is 11.7 Å². The van der Waals surface area contributed by atoms with E-state index in [0.29, 0.717) is 0 Å². The summed E-state index contributed by atoms with van der Waals surface area (Å²) in [6.07, 6.45) is 2.63. The first-order valence-corrected chi connectivity index (χ1v) is 8.50. The van der Waals surface area contributed by atoms with Gasteiger partial charge in [0, 0.05) is 17.5 Å². The highest BCUT2D eigenvalue weighted by Gasteiger charge is 2.21. The van der Waals surface area contributed by atoms with Crippen molar-refractivity contribution in [2.75, 3.05) is 13.7 Å². The van der Waals surface area contributed by atoms with Crippen molar-refractivity contribution < 1.29 is 18.9 Å². The van der Waals surface area contributed by atoms with E-state index in [1.807, 2.05) is 42.5 Å². The number of hydrogen-bond acceptors (Lipinski definition) is 2. The molecule has 130 valence electrons. The monoisotopic (exact) mass is 340 g/mol. The SMILES string of the molecule is COc1ccccc1[C@@H](CC[NH2+]Cc1ccc(F)cc1)c1ccco1. The van der Waals surface area contributed by atoms with E-state index < -0.39 is 0 Å². The van der Waals surface area contributed by atoms with Crippen LogP contribution >= 0.6 is 0 Å². The number of furan rings is 1. The molecule has 1 atom stereocenters. The Morgan fingerprint density at radius 3 is 2.56 bits per heavy atom. The van der Waals surface area contributed by atoms with Gasteiger partial charge in [-0.25, -0.2) is 4.39 Å². The van der Waals surface area contributed by atoms with Crippen molar-refractivity contribution in [3.05, 3.63) is 89.6 Å². The first-order valence-electron chi connectivity index (χ1n) is 8.50. The normalized spacial score (nSPS) is 12.1. The first-order chi connectivity index (χ1) is 12.3. The Morgan fingerprint density at radius 1 is 1.04 bits per heavy atom. The Kier molecular flexibility index (Phi) is 5.86. The zero-order valence-corrected chi connectivity index (χ0v) is 14.3. The predicted octanol–water partition coefficient (Wildman–Crippen LogP) is 3.71. The maximum atomic E-state index is 13.0. The summed E-state index contributed by atoms with van der Waals surface area (Å²) in [7, 11) is 1.69. The zero-order chi connectivity index (χ0) is 17.5. The Labute approximate surface area is 147 Å². The minimum absolute atomic E-state index is 0.149. The van der Waals surface area contributed by atoms with Gasteiger partial charge in [0.05, 0.1) is 25.8 Å². The lowest BCUT2D eigenvalue weighted by Crippen LogP contribution is -2.82. The number of rotatable bonds is 8. The summed E-state index contributed by atoms with van der Waals surface area (Å²) in [5.74, 6) is 1.77. The Bertz CT molecular complexity index is 769. The fourth-order valence-electron chi connectivity index (χ4n) is 3.07.